The van der Waals surface area contributed by atoms with Gasteiger partial charge in [0.2, 0.25) is 5.95 Å². The Balaban J connectivity index is 1.68. The summed E-state index contributed by atoms with van der Waals surface area (Å²) in [5.41, 5.74) is 0.481. The summed E-state index contributed by atoms with van der Waals surface area (Å²) in [6.45, 7) is 5.57. The number of methoxy groups -OCH3 is 3. The van der Waals surface area contributed by atoms with Crippen molar-refractivity contribution in [2.24, 2.45) is 0 Å². The van der Waals surface area contributed by atoms with Crippen molar-refractivity contribution in [1.82, 2.24) is 19.5 Å². The fourth-order valence-corrected chi connectivity index (χ4v) is 5.23. The lowest BCUT2D eigenvalue weighted by molar-refractivity contribution is -0.275. The Morgan fingerprint density at radius 1 is 1.04 bits per heavy atom. The maximum Gasteiger partial charge on any atom is 0.305 e. The van der Waals surface area contributed by atoms with Gasteiger partial charge in [-0.25, -0.2) is 4.98 Å². The van der Waals surface area contributed by atoms with E-state index in [0.717, 1.165) is 5.56 Å². The third kappa shape index (κ3) is 8.02. The van der Waals surface area contributed by atoms with Gasteiger partial charge in [-0.1, -0.05) is 32.9 Å². The Labute approximate surface area is 270 Å². The molecule has 0 spiro atoms. The number of rotatable bonds is 13. The predicted octanol–water partition coefficient (Wildman–Crippen LogP) is 1.55. The highest BCUT2D eigenvalue weighted by atomic mass is 16.7. The van der Waals surface area contributed by atoms with E-state index in [0.29, 0.717) is 5.56 Å². The highest BCUT2D eigenvalue weighted by Crippen LogP contribution is 2.38. The molecule has 3 aromatic rings. The molecule has 16 heteroatoms. The summed E-state index contributed by atoms with van der Waals surface area (Å²) in [6, 6.07) is 7.04. The smallest absolute Gasteiger partial charge is 0.305 e. The molecule has 1 aliphatic rings. The van der Waals surface area contributed by atoms with Crippen LogP contribution in [0.15, 0.2) is 35.4 Å². The summed E-state index contributed by atoms with van der Waals surface area (Å²) in [5, 5.41) is 23.8. The number of amides is 1. The summed E-state index contributed by atoms with van der Waals surface area (Å²) in [6.07, 6.45) is -4.34. The van der Waals surface area contributed by atoms with Crippen LogP contribution in [0, 0.1) is 0 Å². The van der Waals surface area contributed by atoms with Gasteiger partial charge in [0.25, 0.3) is 11.5 Å². The third-order valence-corrected chi connectivity index (χ3v) is 8.04. The second kappa shape index (κ2) is 14.7. The van der Waals surface area contributed by atoms with Crippen molar-refractivity contribution in [1.29, 1.82) is 0 Å². The van der Waals surface area contributed by atoms with Crippen LogP contribution in [0.2, 0.25) is 0 Å². The minimum absolute atomic E-state index is 0.0244. The maximum absolute atomic E-state index is 13.1. The number of ether oxygens (including phenoxy) is 5. The number of fused-ring (bicyclic) bond motifs is 1. The quantitative estimate of drug-likeness (QED) is 0.152. The van der Waals surface area contributed by atoms with E-state index in [1.807, 2.05) is 12.1 Å². The van der Waals surface area contributed by atoms with E-state index in [2.05, 4.69) is 41.0 Å². The van der Waals surface area contributed by atoms with Crippen molar-refractivity contribution in [3.63, 3.8) is 0 Å². The van der Waals surface area contributed by atoms with Gasteiger partial charge in [0.15, 0.2) is 23.2 Å². The number of hydrogen-bond donors (Lipinski definition) is 4. The molecule has 0 unspecified atom stereocenters. The van der Waals surface area contributed by atoms with E-state index in [1.54, 1.807) is 12.1 Å². The number of carbonyl (C=O) groups excluding carboxylic acids is 3. The molecular formula is C31H41N5O11. The monoisotopic (exact) mass is 659 g/mol. The van der Waals surface area contributed by atoms with Crippen molar-refractivity contribution in [3.8, 4) is 0 Å². The molecule has 1 aromatic carbocycles. The van der Waals surface area contributed by atoms with E-state index < -0.39 is 60.3 Å². The molecule has 16 nitrogen and oxygen atoms in total. The first-order chi connectivity index (χ1) is 22.2. The molecular weight excluding hydrogens is 618 g/mol. The molecule has 0 bridgehead atoms. The maximum atomic E-state index is 13.1. The SMILES string of the molecule is COC(=O)CCC(CCC(=O)OC)(OC)O[C@@H]1[C@H](O)[C@@H](CO)O[C@H]1n1cnc2c(=O)[nH]c(NC(=O)c3ccc(C(C)(C)C)cc3)nc21. The lowest BCUT2D eigenvalue weighted by atomic mass is 9.87. The molecule has 4 rings (SSSR count). The largest absolute Gasteiger partial charge is 0.469 e. The molecule has 1 fully saturated rings. The van der Waals surface area contributed by atoms with E-state index in [9.17, 15) is 29.4 Å². The number of carbonyl (C=O) groups is 3. The van der Waals surface area contributed by atoms with Crippen LogP contribution in [0.5, 0.6) is 0 Å². The Morgan fingerprint density at radius 2 is 1.66 bits per heavy atom. The summed E-state index contributed by atoms with van der Waals surface area (Å²) >= 11 is 0. The molecule has 3 heterocycles. The molecule has 0 radical (unpaired) electrons. The molecule has 1 aliphatic heterocycles. The Bertz CT molecular complexity index is 1610. The zero-order valence-electron chi connectivity index (χ0n) is 27.1. The highest BCUT2D eigenvalue weighted by Gasteiger charge is 2.50. The second-order valence-electron chi connectivity index (χ2n) is 12.1. The van der Waals surface area contributed by atoms with Crippen LogP contribution >= 0.6 is 0 Å². The van der Waals surface area contributed by atoms with E-state index in [-0.39, 0.29) is 48.2 Å². The van der Waals surface area contributed by atoms with Crippen molar-refractivity contribution < 1.29 is 48.3 Å². The van der Waals surface area contributed by atoms with Crippen molar-refractivity contribution in [2.75, 3.05) is 33.3 Å². The van der Waals surface area contributed by atoms with Gasteiger partial charge >= 0.3 is 11.9 Å². The molecule has 1 saturated heterocycles. The topological polar surface area (TPSA) is 213 Å². The molecule has 2 aromatic heterocycles. The van der Waals surface area contributed by atoms with Crippen molar-refractivity contribution in [3.05, 3.63) is 52.1 Å². The summed E-state index contributed by atoms with van der Waals surface area (Å²) in [7, 11) is 3.76. The number of benzene rings is 1. The Kier molecular flexibility index (Phi) is 11.1. The lowest BCUT2D eigenvalue weighted by Crippen LogP contribution is -2.46. The van der Waals surface area contributed by atoms with Crippen LogP contribution in [0.1, 0.15) is 68.6 Å². The van der Waals surface area contributed by atoms with Gasteiger partial charge in [0.1, 0.15) is 18.3 Å². The minimum atomic E-state index is -1.62. The normalized spacial score (nSPS) is 19.9. The molecule has 0 saturated carbocycles. The van der Waals surface area contributed by atoms with Crippen LogP contribution in [0.3, 0.4) is 0 Å². The minimum Gasteiger partial charge on any atom is -0.469 e. The van der Waals surface area contributed by atoms with Gasteiger partial charge in [-0.05, 0) is 23.1 Å². The second-order valence-corrected chi connectivity index (χ2v) is 12.1. The van der Waals surface area contributed by atoms with Gasteiger partial charge in [0.05, 0.1) is 40.0 Å². The summed E-state index contributed by atoms with van der Waals surface area (Å²) in [5.74, 6) is -3.45. The first-order valence-corrected chi connectivity index (χ1v) is 15.0. The average Bonchev–Trinajstić information content (AvgIpc) is 3.61. The number of aromatic nitrogens is 4. The highest BCUT2D eigenvalue weighted by molar-refractivity contribution is 6.03. The number of nitrogens with one attached hydrogen (secondary N) is 2. The van der Waals surface area contributed by atoms with Crippen molar-refractivity contribution >= 4 is 35.0 Å². The number of aliphatic hydroxyl groups excluding tert-OH is 2. The number of H-pyrrole nitrogens is 1. The Morgan fingerprint density at radius 3 is 2.19 bits per heavy atom. The number of imidazole rings is 1. The number of aromatic amines is 1. The lowest BCUT2D eigenvalue weighted by Gasteiger charge is -2.37. The van der Waals surface area contributed by atoms with Gasteiger partial charge in [-0.15, -0.1) is 0 Å². The van der Waals surface area contributed by atoms with E-state index in [1.165, 1.54) is 32.2 Å². The first-order valence-electron chi connectivity index (χ1n) is 15.0. The van der Waals surface area contributed by atoms with Crippen LogP contribution in [-0.2, 0) is 38.7 Å². The van der Waals surface area contributed by atoms with Crippen LogP contribution in [0.25, 0.3) is 11.2 Å². The van der Waals surface area contributed by atoms with E-state index in [4.69, 9.17) is 23.7 Å². The zero-order valence-corrected chi connectivity index (χ0v) is 27.1. The number of hydrogen-bond acceptors (Lipinski definition) is 13. The van der Waals surface area contributed by atoms with Crippen LogP contribution < -0.4 is 10.9 Å². The van der Waals surface area contributed by atoms with Gasteiger partial charge in [-0.3, -0.25) is 34.0 Å². The van der Waals surface area contributed by atoms with Crippen molar-refractivity contribution in [2.45, 2.75) is 82.2 Å². The fourth-order valence-electron chi connectivity index (χ4n) is 5.23. The zero-order chi connectivity index (χ0) is 34.5. The third-order valence-electron chi connectivity index (χ3n) is 8.04. The molecule has 0 aliphatic carbocycles. The summed E-state index contributed by atoms with van der Waals surface area (Å²) in [4.78, 5) is 61.2. The molecule has 47 heavy (non-hydrogen) atoms. The number of anilines is 1. The standard InChI is InChI=1S/C31H41N5O11/c1-30(2,3)18-9-7-17(8-10-18)26(41)34-29-33-25-22(27(42)35-29)32-16-36(25)28-24(23(40)19(15-37)46-28)47-31(45-6,13-11-20(38)43-4)14-12-21(39)44-5/h7-10,16,19,23-24,28,37,40H,11-15H2,1-6H3,(H2,33,34,35,41,42)/t19-,23-,24-,28-/m1/s1. The fraction of sp³-hybridized carbons (Fsp3) is 0.548. The van der Waals surface area contributed by atoms with E-state index >= 15 is 0 Å². The predicted molar refractivity (Wildman–Crippen MR) is 165 cm³/mol. The Hall–Kier alpha value is -4.22. The molecule has 4 N–H and O–H groups in total. The number of nitrogens with zero attached hydrogens (tertiary/aromatic N) is 3. The van der Waals surface area contributed by atoms with Gasteiger partial charge in [0, 0.05) is 25.5 Å². The number of esters is 2. The molecule has 4 atom stereocenters. The van der Waals surface area contributed by atoms with Gasteiger partial charge in [-0.2, -0.15) is 4.98 Å². The van der Waals surface area contributed by atoms with Crippen LogP contribution in [-0.4, -0.2) is 99.6 Å². The first kappa shape index (κ1) is 35.6. The average molecular weight is 660 g/mol. The van der Waals surface area contributed by atoms with Crippen LogP contribution in [0.4, 0.5) is 5.95 Å². The molecule has 256 valence electrons. The summed E-state index contributed by atoms with van der Waals surface area (Å²) < 4.78 is 28.8. The van der Waals surface area contributed by atoms with Gasteiger partial charge < -0.3 is 33.9 Å². The number of aliphatic hydroxyl groups is 2. The molecule has 1 amide bonds.